The van der Waals surface area contributed by atoms with E-state index in [1.807, 2.05) is 31.2 Å². The molecule has 1 N–H and O–H groups in total. The highest BCUT2D eigenvalue weighted by atomic mass is 35.5. The van der Waals surface area contributed by atoms with Crippen molar-refractivity contribution in [3.63, 3.8) is 0 Å². The second-order valence-electron chi connectivity index (χ2n) is 4.34. The Morgan fingerprint density at radius 3 is 2.67 bits per heavy atom. The van der Waals surface area contributed by atoms with Gasteiger partial charge in [0.2, 0.25) is 0 Å². The number of nitrogens with zero attached hydrogens (tertiary/aromatic N) is 2. The first-order chi connectivity index (χ1) is 9.86. The fraction of sp³-hybridized carbons (Fsp3) is 0.143. The molecule has 0 saturated carbocycles. The number of alkyl halides is 3. The standard InChI is InChI=1S/C14H11ClF3N3/c1-9-3-2-4-10(5-9)7-20-21-13-12(15)6-11(8-19-13)14(16,17)18/h2-8H,1H3,(H,19,21). The molecule has 0 amide bonds. The number of rotatable bonds is 3. The van der Waals surface area contributed by atoms with E-state index in [2.05, 4.69) is 15.5 Å². The molecule has 2 aromatic rings. The number of halogens is 4. The molecule has 21 heavy (non-hydrogen) atoms. The second-order valence-corrected chi connectivity index (χ2v) is 4.74. The molecule has 0 atom stereocenters. The number of pyridine rings is 1. The molecule has 1 aromatic heterocycles. The molecule has 0 aliphatic rings. The molecular formula is C14H11ClF3N3. The fourth-order valence-corrected chi connectivity index (χ4v) is 1.80. The number of anilines is 1. The first kappa shape index (κ1) is 15.3. The second kappa shape index (κ2) is 6.13. The molecule has 1 heterocycles. The zero-order chi connectivity index (χ0) is 15.5. The lowest BCUT2D eigenvalue weighted by Gasteiger charge is -2.08. The van der Waals surface area contributed by atoms with Gasteiger partial charge in [0.05, 0.1) is 16.8 Å². The van der Waals surface area contributed by atoms with Gasteiger partial charge >= 0.3 is 6.18 Å². The largest absolute Gasteiger partial charge is 0.417 e. The fourth-order valence-electron chi connectivity index (χ4n) is 1.59. The van der Waals surface area contributed by atoms with Crippen molar-refractivity contribution in [1.29, 1.82) is 0 Å². The molecule has 0 fully saturated rings. The molecule has 0 radical (unpaired) electrons. The number of nitrogens with one attached hydrogen (secondary N) is 1. The molecule has 0 saturated heterocycles. The topological polar surface area (TPSA) is 37.3 Å². The molecule has 2 rings (SSSR count). The van der Waals surface area contributed by atoms with Gasteiger partial charge in [0, 0.05) is 6.20 Å². The van der Waals surface area contributed by atoms with Crippen LogP contribution in [0.1, 0.15) is 16.7 Å². The Hall–Kier alpha value is -2.08. The van der Waals surface area contributed by atoms with Gasteiger partial charge in [-0.15, -0.1) is 0 Å². The van der Waals surface area contributed by atoms with Crippen molar-refractivity contribution in [2.45, 2.75) is 13.1 Å². The van der Waals surface area contributed by atoms with Crippen molar-refractivity contribution in [3.05, 3.63) is 58.2 Å². The van der Waals surface area contributed by atoms with Crippen LogP contribution in [0.5, 0.6) is 0 Å². The first-order valence-corrected chi connectivity index (χ1v) is 6.32. The van der Waals surface area contributed by atoms with E-state index in [1.54, 1.807) is 0 Å². The molecule has 0 spiro atoms. The lowest BCUT2D eigenvalue weighted by Crippen LogP contribution is -2.06. The Morgan fingerprint density at radius 1 is 1.29 bits per heavy atom. The van der Waals surface area contributed by atoms with Crippen LogP contribution in [0.2, 0.25) is 5.02 Å². The van der Waals surface area contributed by atoms with Gasteiger partial charge in [0.15, 0.2) is 5.82 Å². The summed E-state index contributed by atoms with van der Waals surface area (Å²) in [6.45, 7) is 1.94. The normalized spacial score (nSPS) is 11.9. The average Bonchev–Trinajstić information content (AvgIpc) is 2.39. The Morgan fingerprint density at radius 2 is 2.05 bits per heavy atom. The Bertz CT molecular complexity index is 669. The minimum Gasteiger partial charge on any atom is -0.260 e. The molecule has 0 bridgehead atoms. The van der Waals surface area contributed by atoms with Gasteiger partial charge in [-0.3, -0.25) is 5.43 Å². The molecule has 3 nitrogen and oxygen atoms in total. The molecular weight excluding hydrogens is 303 g/mol. The van der Waals surface area contributed by atoms with E-state index < -0.39 is 11.7 Å². The smallest absolute Gasteiger partial charge is 0.260 e. The number of aryl methyl sites for hydroxylation is 1. The van der Waals surface area contributed by atoms with E-state index in [4.69, 9.17) is 11.6 Å². The van der Waals surface area contributed by atoms with Crippen LogP contribution in [0.3, 0.4) is 0 Å². The Labute approximate surface area is 124 Å². The molecule has 0 aliphatic heterocycles. The van der Waals surface area contributed by atoms with Crippen LogP contribution in [0.15, 0.2) is 41.6 Å². The summed E-state index contributed by atoms with van der Waals surface area (Å²) in [5.74, 6) is 0.0635. The van der Waals surface area contributed by atoms with Gasteiger partial charge < -0.3 is 0 Å². The maximum Gasteiger partial charge on any atom is 0.417 e. The molecule has 7 heteroatoms. The number of hydrogen-bond acceptors (Lipinski definition) is 3. The monoisotopic (exact) mass is 313 g/mol. The average molecular weight is 314 g/mol. The summed E-state index contributed by atoms with van der Waals surface area (Å²) in [4.78, 5) is 3.62. The third-order valence-corrected chi connectivity index (χ3v) is 2.88. The highest BCUT2D eigenvalue weighted by Crippen LogP contribution is 2.32. The third kappa shape index (κ3) is 4.19. The summed E-state index contributed by atoms with van der Waals surface area (Å²) in [6.07, 6.45) is -2.24. The van der Waals surface area contributed by atoms with E-state index in [0.717, 1.165) is 17.2 Å². The van der Waals surface area contributed by atoms with E-state index in [0.29, 0.717) is 6.20 Å². The van der Waals surface area contributed by atoms with Crippen molar-refractivity contribution in [1.82, 2.24) is 4.98 Å². The summed E-state index contributed by atoms with van der Waals surface area (Å²) in [7, 11) is 0. The summed E-state index contributed by atoms with van der Waals surface area (Å²) in [5, 5.41) is 3.76. The van der Waals surface area contributed by atoms with Crippen molar-refractivity contribution in [2.75, 3.05) is 5.43 Å². The zero-order valence-corrected chi connectivity index (χ0v) is 11.7. The predicted octanol–water partition coefficient (Wildman–Crippen LogP) is 4.51. The number of hydrazone groups is 1. The summed E-state index contributed by atoms with van der Waals surface area (Å²) in [6, 6.07) is 8.38. The SMILES string of the molecule is Cc1cccc(C=NNc2ncc(C(F)(F)F)cc2Cl)c1. The van der Waals surface area contributed by atoms with Gasteiger partial charge in [-0.25, -0.2) is 4.98 Å². The van der Waals surface area contributed by atoms with E-state index in [1.165, 1.54) is 6.21 Å². The quantitative estimate of drug-likeness (QED) is 0.669. The highest BCUT2D eigenvalue weighted by molar-refractivity contribution is 6.32. The zero-order valence-electron chi connectivity index (χ0n) is 10.9. The number of hydrogen-bond donors (Lipinski definition) is 1. The van der Waals surface area contributed by atoms with E-state index >= 15 is 0 Å². The van der Waals surface area contributed by atoms with Crippen LogP contribution in [-0.2, 0) is 6.18 Å². The van der Waals surface area contributed by atoms with Crippen molar-refractivity contribution in [3.8, 4) is 0 Å². The summed E-state index contributed by atoms with van der Waals surface area (Å²) in [5.41, 5.74) is 3.54. The van der Waals surface area contributed by atoms with Crippen LogP contribution in [-0.4, -0.2) is 11.2 Å². The molecule has 110 valence electrons. The lowest BCUT2D eigenvalue weighted by atomic mass is 10.2. The van der Waals surface area contributed by atoms with Gasteiger partial charge in [-0.1, -0.05) is 41.4 Å². The van der Waals surface area contributed by atoms with Crippen LogP contribution >= 0.6 is 11.6 Å². The number of aromatic nitrogens is 1. The lowest BCUT2D eigenvalue weighted by molar-refractivity contribution is -0.137. The van der Waals surface area contributed by atoms with Crippen molar-refractivity contribution < 1.29 is 13.2 Å². The third-order valence-electron chi connectivity index (χ3n) is 2.59. The predicted molar refractivity (Wildman–Crippen MR) is 76.6 cm³/mol. The number of benzene rings is 1. The molecule has 0 aliphatic carbocycles. The van der Waals surface area contributed by atoms with Crippen molar-refractivity contribution in [2.24, 2.45) is 5.10 Å². The van der Waals surface area contributed by atoms with Gasteiger partial charge in [-0.05, 0) is 18.6 Å². The highest BCUT2D eigenvalue weighted by Gasteiger charge is 2.31. The minimum atomic E-state index is -4.47. The van der Waals surface area contributed by atoms with Crippen molar-refractivity contribution >= 4 is 23.6 Å². The first-order valence-electron chi connectivity index (χ1n) is 5.95. The van der Waals surface area contributed by atoms with Crippen LogP contribution in [0, 0.1) is 6.92 Å². The summed E-state index contributed by atoms with van der Waals surface area (Å²) < 4.78 is 37.4. The van der Waals surface area contributed by atoms with E-state index in [-0.39, 0.29) is 10.8 Å². The summed E-state index contributed by atoms with van der Waals surface area (Å²) >= 11 is 5.74. The minimum absolute atomic E-state index is 0.0635. The van der Waals surface area contributed by atoms with Gasteiger partial charge in [0.1, 0.15) is 0 Å². The Kier molecular flexibility index (Phi) is 4.47. The molecule has 0 unspecified atom stereocenters. The Balaban J connectivity index is 2.10. The van der Waals surface area contributed by atoms with Crippen LogP contribution in [0.25, 0.3) is 0 Å². The maximum atomic E-state index is 12.5. The van der Waals surface area contributed by atoms with Crippen LogP contribution < -0.4 is 5.43 Å². The maximum absolute atomic E-state index is 12.5. The molecule has 1 aromatic carbocycles. The van der Waals surface area contributed by atoms with E-state index in [9.17, 15) is 13.2 Å². The van der Waals surface area contributed by atoms with Gasteiger partial charge in [-0.2, -0.15) is 18.3 Å². The van der Waals surface area contributed by atoms with Gasteiger partial charge in [0.25, 0.3) is 0 Å². The van der Waals surface area contributed by atoms with Crippen LogP contribution in [0.4, 0.5) is 19.0 Å².